The predicted molar refractivity (Wildman–Crippen MR) is 71.3 cm³/mol. The van der Waals surface area contributed by atoms with Crippen LogP contribution in [0.3, 0.4) is 0 Å². The molecule has 1 aromatic carbocycles. The molecule has 5 heteroatoms. The number of halogens is 2. The molecular formula is C12H12Br2O3. The number of methoxy groups -OCH3 is 1. The average molecular weight is 364 g/mol. The van der Waals surface area contributed by atoms with Crippen LogP contribution in [0, 0.1) is 0 Å². The monoisotopic (exact) mass is 362 g/mol. The summed E-state index contributed by atoms with van der Waals surface area (Å²) in [6.07, 6.45) is 0.829. The summed E-state index contributed by atoms with van der Waals surface area (Å²) in [5.74, 6) is 1.00. The number of rotatable bonds is 2. The third kappa shape index (κ3) is 2.89. The van der Waals surface area contributed by atoms with Crippen LogP contribution in [0.4, 0.5) is 0 Å². The van der Waals surface area contributed by atoms with E-state index in [2.05, 4.69) is 31.9 Å². The number of carbonyl (C=O) groups is 1. The van der Waals surface area contributed by atoms with Gasteiger partial charge in [0.1, 0.15) is 11.5 Å². The molecule has 1 atom stereocenters. The Morgan fingerprint density at radius 2 is 2.00 bits per heavy atom. The van der Waals surface area contributed by atoms with Gasteiger partial charge in [0.05, 0.1) is 28.8 Å². The lowest BCUT2D eigenvalue weighted by molar-refractivity contribution is -0.128. The van der Waals surface area contributed by atoms with Gasteiger partial charge in [-0.05, 0) is 49.6 Å². The van der Waals surface area contributed by atoms with Gasteiger partial charge in [-0.2, -0.15) is 0 Å². The Bertz CT molecular complexity index is 422. The first-order chi connectivity index (χ1) is 8.11. The van der Waals surface area contributed by atoms with Crippen LogP contribution in [0.2, 0.25) is 0 Å². The van der Waals surface area contributed by atoms with E-state index in [4.69, 9.17) is 9.47 Å². The van der Waals surface area contributed by atoms with Crippen LogP contribution in [-0.4, -0.2) is 19.5 Å². The Morgan fingerprint density at radius 3 is 2.53 bits per heavy atom. The molecule has 0 aromatic heterocycles. The lowest BCUT2D eigenvalue weighted by Gasteiger charge is -2.23. The maximum Gasteiger partial charge on any atom is 0.147 e. The van der Waals surface area contributed by atoms with Gasteiger partial charge >= 0.3 is 0 Å². The molecule has 1 aliphatic rings. The summed E-state index contributed by atoms with van der Waals surface area (Å²) >= 11 is 6.89. The summed E-state index contributed by atoms with van der Waals surface area (Å²) in [4.78, 5) is 11.4. The van der Waals surface area contributed by atoms with E-state index in [0.717, 1.165) is 20.3 Å². The van der Waals surface area contributed by atoms with E-state index in [1.54, 1.807) is 7.11 Å². The fraction of sp³-hybridized carbons (Fsp3) is 0.417. The van der Waals surface area contributed by atoms with E-state index in [0.29, 0.717) is 19.4 Å². The summed E-state index contributed by atoms with van der Waals surface area (Å²) in [5.41, 5.74) is 0.984. The minimum Gasteiger partial charge on any atom is -0.494 e. The molecule has 17 heavy (non-hydrogen) atoms. The van der Waals surface area contributed by atoms with Crippen molar-refractivity contribution in [3.8, 4) is 5.75 Å². The van der Waals surface area contributed by atoms with Crippen molar-refractivity contribution < 1.29 is 14.3 Å². The van der Waals surface area contributed by atoms with Gasteiger partial charge in [-0.1, -0.05) is 0 Å². The smallest absolute Gasteiger partial charge is 0.147 e. The second-order valence-corrected chi connectivity index (χ2v) is 5.58. The lowest BCUT2D eigenvalue weighted by atomic mass is 10.0. The second-order valence-electron chi connectivity index (χ2n) is 3.87. The van der Waals surface area contributed by atoms with Crippen LogP contribution in [-0.2, 0) is 9.53 Å². The van der Waals surface area contributed by atoms with Crippen LogP contribution >= 0.6 is 31.9 Å². The van der Waals surface area contributed by atoms with Crippen molar-refractivity contribution >= 4 is 37.6 Å². The van der Waals surface area contributed by atoms with Crippen LogP contribution < -0.4 is 4.74 Å². The van der Waals surface area contributed by atoms with E-state index >= 15 is 0 Å². The fourth-order valence-electron chi connectivity index (χ4n) is 1.86. The minimum atomic E-state index is -0.144. The van der Waals surface area contributed by atoms with Crippen molar-refractivity contribution in [2.45, 2.75) is 18.9 Å². The highest BCUT2D eigenvalue weighted by Crippen LogP contribution is 2.38. The molecule has 1 saturated heterocycles. The van der Waals surface area contributed by atoms with E-state index < -0.39 is 0 Å². The number of benzene rings is 1. The van der Waals surface area contributed by atoms with Gasteiger partial charge in [0.25, 0.3) is 0 Å². The molecule has 1 fully saturated rings. The quantitative estimate of drug-likeness (QED) is 0.804. The van der Waals surface area contributed by atoms with Crippen LogP contribution in [0.5, 0.6) is 5.75 Å². The molecule has 0 amide bonds. The third-order valence-corrected chi connectivity index (χ3v) is 3.89. The van der Waals surface area contributed by atoms with Gasteiger partial charge in [0, 0.05) is 12.8 Å². The zero-order chi connectivity index (χ0) is 12.4. The van der Waals surface area contributed by atoms with Gasteiger partial charge in [-0.15, -0.1) is 0 Å². The van der Waals surface area contributed by atoms with Crippen molar-refractivity contribution in [2.24, 2.45) is 0 Å². The Kier molecular flexibility index (Phi) is 4.22. The van der Waals surface area contributed by atoms with Gasteiger partial charge in [0.2, 0.25) is 0 Å². The Balaban J connectivity index is 2.30. The molecular weight excluding hydrogens is 352 g/mol. The first kappa shape index (κ1) is 13.1. The molecule has 0 N–H and O–H groups in total. The van der Waals surface area contributed by atoms with Crippen molar-refractivity contribution in [3.05, 3.63) is 26.6 Å². The van der Waals surface area contributed by atoms with E-state index in [1.807, 2.05) is 12.1 Å². The number of ether oxygens (including phenoxy) is 2. The Labute approximate surface area is 117 Å². The number of ketones is 1. The fourth-order valence-corrected chi connectivity index (χ4v) is 3.40. The molecule has 92 valence electrons. The highest BCUT2D eigenvalue weighted by atomic mass is 79.9. The molecule has 0 saturated carbocycles. The summed E-state index contributed by atoms with van der Waals surface area (Å²) in [7, 11) is 1.62. The SMILES string of the molecule is COc1c(Br)cc(C2CC(=O)CCO2)cc1Br. The van der Waals surface area contributed by atoms with E-state index in [1.165, 1.54) is 0 Å². The van der Waals surface area contributed by atoms with Crippen molar-refractivity contribution in [2.75, 3.05) is 13.7 Å². The summed E-state index contributed by atoms with van der Waals surface area (Å²) in [6, 6.07) is 3.87. The lowest BCUT2D eigenvalue weighted by Crippen LogP contribution is -2.19. The molecule has 1 heterocycles. The number of Topliss-reactive ketones (excluding diaryl/α,β-unsaturated/α-hetero) is 1. The summed E-state index contributed by atoms with van der Waals surface area (Å²) in [6.45, 7) is 0.505. The zero-order valence-corrected chi connectivity index (χ0v) is 12.5. The zero-order valence-electron chi connectivity index (χ0n) is 9.33. The van der Waals surface area contributed by atoms with E-state index in [-0.39, 0.29) is 11.9 Å². The minimum absolute atomic E-state index is 0.144. The van der Waals surface area contributed by atoms with Crippen molar-refractivity contribution in [3.63, 3.8) is 0 Å². The summed E-state index contributed by atoms with van der Waals surface area (Å²) < 4.78 is 12.6. The largest absolute Gasteiger partial charge is 0.494 e. The maximum atomic E-state index is 11.4. The molecule has 0 radical (unpaired) electrons. The van der Waals surface area contributed by atoms with Gasteiger partial charge < -0.3 is 9.47 Å². The predicted octanol–water partition coefficient (Wildman–Crippen LogP) is 3.64. The highest BCUT2D eigenvalue weighted by molar-refractivity contribution is 9.11. The normalized spacial score (nSPS) is 20.4. The number of hydrogen-bond acceptors (Lipinski definition) is 3. The molecule has 0 bridgehead atoms. The topological polar surface area (TPSA) is 35.5 Å². The van der Waals surface area contributed by atoms with Crippen molar-refractivity contribution in [1.82, 2.24) is 0 Å². The Morgan fingerprint density at radius 1 is 1.35 bits per heavy atom. The second kappa shape index (κ2) is 5.50. The first-order valence-corrected chi connectivity index (χ1v) is 6.86. The molecule has 0 aliphatic carbocycles. The van der Waals surface area contributed by atoms with Crippen LogP contribution in [0.1, 0.15) is 24.5 Å². The van der Waals surface area contributed by atoms with Crippen LogP contribution in [0.15, 0.2) is 21.1 Å². The molecule has 2 rings (SSSR count). The summed E-state index contributed by atoms with van der Waals surface area (Å²) in [5, 5.41) is 0. The molecule has 1 aromatic rings. The molecule has 3 nitrogen and oxygen atoms in total. The van der Waals surface area contributed by atoms with Gasteiger partial charge in [-0.25, -0.2) is 0 Å². The number of carbonyl (C=O) groups excluding carboxylic acids is 1. The molecule has 0 spiro atoms. The number of hydrogen-bond donors (Lipinski definition) is 0. The maximum absolute atomic E-state index is 11.4. The molecule has 1 unspecified atom stereocenters. The third-order valence-electron chi connectivity index (χ3n) is 2.71. The van der Waals surface area contributed by atoms with Crippen LogP contribution in [0.25, 0.3) is 0 Å². The van der Waals surface area contributed by atoms with Gasteiger partial charge in [-0.3, -0.25) is 4.79 Å². The molecule has 1 aliphatic heterocycles. The standard InChI is InChI=1S/C12H12Br2O3/c1-16-12-9(13)4-7(5-10(12)14)11-6-8(15)2-3-17-11/h4-5,11H,2-3,6H2,1H3. The van der Waals surface area contributed by atoms with E-state index in [9.17, 15) is 4.79 Å². The Hall–Kier alpha value is -0.390. The highest BCUT2D eigenvalue weighted by Gasteiger charge is 2.23. The van der Waals surface area contributed by atoms with Crippen molar-refractivity contribution in [1.29, 1.82) is 0 Å². The average Bonchev–Trinajstić information content (AvgIpc) is 2.28. The van der Waals surface area contributed by atoms with Gasteiger partial charge in [0.15, 0.2) is 0 Å². The first-order valence-electron chi connectivity index (χ1n) is 5.28.